The van der Waals surface area contributed by atoms with Crippen LogP contribution in [0.3, 0.4) is 0 Å². The Morgan fingerprint density at radius 3 is 2.40 bits per heavy atom. The highest BCUT2D eigenvalue weighted by molar-refractivity contribution is 5.76. The fourth-order valence-corrected chi connectivity index (χ4v) is 2.88. The Balaban J connectivity index is 2.13. The van der Waals surface area contributed by atoms with E-state index < -0.39 is 0 Å². The van der Waals surface area contributed by atoms with Crippen LogP contribution in [0, 0.1) is 5.92 Å². The van der Waals surface area contributed by atoms with E-state index in [0.29, 0.717) is 11.8 Å². The molecule has 2 aromatic rings. The molecule has 0 saturated carbocycles. The molecule has 3 rings (SSSR count). The second-order valence-electron chi connectivity index (χ2n) is 5.16. The van der Waals surface area contributed by atoms with Crippen molar-refractivity contribution in [3.8, 4) is 0 Å². The van der Waals surface area contributed by atoms with Crippen LogP contribution < -0.4 is 0 Å². The van der Waals surface area contributed by atoms with Crippen molar-refractivity contribution in [3.05, 3.63) is 67.0 Å². The molecular formula is C18H18N2. The average molecular weight is 262 g/mol. The molecule has 1 aliphatic carbocycles. The monoisotopic (exact) mass is 262 g/mol. The molecule has 1 aromatic carbocycles. The molecule has 1 heterocycles. The van der Waals surface area contributed by atoms with E-state index in [1.165, 1.54) is 0 Å². The summed E-state index contributed by atoms with van der Waals surface area (Å²) >= 11 is 0. The summed E-state index contributed by atoms with van der Waals surface area (Å²) in [5.74, 6) is 0.788. The lowest BCUT2D eigenvalue weighted by molar-refractivity contribution is 0.499. The third kappa shape index (κ3) is 2.18. The van der Waals surface area contributed by atoms with E-state index >= 15 is 0 Å². The molecule has 0 fully saturated rings. The van der Waals surface area contributed by atoms with Gasteiger partial charge in [-0.3, -0.25) is 0 Å². The zero-order chi connectivity index (χ0) is 13.9. The third-order valence-corrected chi connectivity index (χ3v) is 3.85. The van der Waals surface area contributed by atoms with Crippen LogP contribution in [0.4, 0.5) is 0 Å². The zero-order valence-corrected chi connectivity index (χ0v) is 11.5. The van der Waals surface area contributed by atoms with Crippen molar-refractivity contribution in [1.82, 2.24) is 9.97 Å². The lowest BCUT2D eigenvalue weighted by Crippen LogP contribution is -2.17. The van der Waals surface area contributed by atoms with Crippen LogP contribution in [-0.2, 0) is 0 Å². The highest BCUT2D eigenvalue weighted by Gasteiger charge is 2.27. The first kappa shape index (κ1) is 12.8. The minimum absolute atomic E-state index is 0.350. The largest absolute Gasteiger partial charge is 0.249 e. The summed E-state index contributed by atoms with van der Waals surface area (Å²) in [6.45, 7) is 7.75. The molecule has 0 amide bonds. The van der Waals surface area contributed by atoms with Gasteiger partial charge in [0.05, 0.1) is 22.4 Å². The smallest absolute Gasteiger partial charge is 0.0894 e. The van der Waals surface area contributed by atoms with Crippen molar-refractivity contribution in [1.29, 1.82) is 0 Å². The zero-order valence-electron chi connectivity index (χ0n) is 11.5. The maximum absolute atomic E-state index is 4.85. The van der Waals surface area contributed by atoms with E-state index in [2.05, 4.69) is 25.3 Å². The van der Waals surface area contributed by atoms with Crippen molar-refractivity contribution < 1.29 is 0 Å². The topological polar surface area (TPSA) is 25.8 Å². The molecule has 0 radical (unpaired) electrons. The Morgan fingerprint density at radius 1 is 1.00 bits per heavy atom. The fraction of sp³-hybridized carbons (Fsp3) is 0.222. The number of hydrogen-bond acceptors (Lipinski definition) is 2. The number of rotatable bonds is 4. The summed E-state index contributed by atoms with van der Waals surface area (Å²) in [6.07, 6.45) is 10.2. The molecular weight excluding hydrogens is 244 g/mol. The summed E-state index contributed by atoms with van der Waals surface area (Å²) in [6, 6.07) is 8.03. The standard InChI is InChI=1S/C18H18N2/c1-3-7-13-11-12-17-18(14(13)8-4-2)20-16-10-6-5-9-15(16)19-17/h3-6,9-14H,1-2,7-8H2. The van der Waals surface area contributed by atoms with Gasteiger partial charge >= 0.3 is 0 Å². The van der Waals surface area contributed by atoms with Gasteiger partial charge in [0, 0.05) is 5.92 Å². The van der Waals surface area contributed by atoms with Gasteiger partial charge in [-0.15, -0.1) is 13.2 Å². The SMILES string of the molecule is C=CCC1C=Cc2nc3ccccc3nc2C1CC=C. The Hall–Kier alpha value is -2.22. The van der Waals surface area contributed by atoms with Crippen LogP contribution in [0.1, 0.15) is 30.1 Å². The van der Waals surface area contributed by atoms with Gasteiger partial charge in [-0.1, -0.05) is 30.4 Å². The summed E-state index contributed by atoms with van der Waals surface area (Å²) in [5, 5.41) is 0. The molecule has 2 unspecified atom stereocenters. The predicted octanol–water partition coefficient (Wildman–Crippen LogP) is 4.51. The second kappa shape index (κ2) is 5.41. The Labute approximate surface area is 119 Å². The van der Waals surface area contributed by atoms with Gasteiger partial charge in [0.1, 0.15) is 0 Å². The van der Waals surface area contributed by atoms with Crippen LogP contribution >= 0.6 is 0 Å². The van der Waals surface area contributed by atoms with Crippen molar-refractivity contribution >= 4 is 17.1 Å². The highest BCUT2D eigenvalue weighted by atomic mass is 14.8. The molecule has 2 nitrogen and oxygen atoms in total. The minimum atomic E-state index is 0.350. The molecule has 0 spiro atoms. The maximum Gasteiger partial charge on any atom is 0.0894 e. The Bertz CT molecular complexity index is 685. The van der Waals surface area contributed by atoms with Crippen molar-refractivity contribution in [2.45, 2.75) is 18.8 Å². The van der Waals surface area contributed by atoms with Gasteiger partial charge < -0.3 is 0 Å². The number of para-hydroxylation sites is 2. The molecule has 100 valence electrons. The van der Waals surface area contributed by atoms with E-state index in [1.807, 2.05) is 36.4 Å². The lowest BCUT2D eigenvalue weighted by Gasteiger charge is -2.27. The van der Waals surface area contributed by atoms with Crippen molar-refractivity contribution in [2.24, 2.45) is 5.92 Å². The summed E-state index contributed by atoms with van der Waals surface area (Å²) < 4.78 is 0. The first-order chi connectivity index (χ1) is 9.83. The van der Waals surface area contributed by atoms with Crippen LogP contribution in [0.25, 0.3) is 17.1 Å². The van der Waals surface area contributed by atoms with Crippen molar-refractivity contribution in [3.63, 3.8) is 0 Å². The van der Waals surface area contributed by atoms with E-state index in [0.717, 1.165) is 35.3 Å². The molecule has 0 N–H and O–H groups in total. The maximum atomic E-state index is 4.85. The Kier molecular flexibility index (Phi) is 3.46. The Morgan fingerprint density at radius 2 is 1.70 bits per heavy atom. The second-order valence-corrected chi connectivity index (χ2v) is 5.16. The number of aromatic nitrogens is 2. The van der Waals surface area contributed by atoms with Crippen LogP contribution in [0.5, 0.6) is 0 Å². The molecule has 2 heteroatoms. The van der Waals surface area contributed by atoms with E-state index in [9.17, 15) is 0 Å². The van der Waals surface area contributed by atoms with Crippen LogP contribution in [0.2, 0.25) is 0 Å². The highest BCUT2D eigenvalue weighted by Crippen LogP contribution is 2.37. The number of benzene rings is 1. The van der Waals surface area contributed by atoms with Gasteiger partial charge in [-0.25, -0.2) is 9.97 Å². The van der Waals surface area contributed by atoms with Crippen LogP contribution in [-0.4, -0.2) is 9.97 Å². The first-order valence-corrected chi connectivity index (χ1v) is 7.00. The number of fused-ring (bicyclic) bond motifs is 2. The van der Waals surface area contributed by atoms with E-state index in [1.54, 1.807) is 0 Å². The molecule has 0 aliphatic heterocycles. The molecule has 1 aliphatic rings. The predicted molar refractivity (Wildman–Crippen MR) is 84.4 cm³/mol. The van der Waals surface area contributed by atoms with Gasteiger partial charge in [-0.2, -0.15) is 0 Å². The van der Waals surface area contributed by atoms with Crippen molar-refractivity contribution in [2.75, 3.05) is 0 Å². The van der Waals surface area contributed by atoms with Gasteiger partial charge in [0.15, 0.2) is 0 Å². The molecule has 1 aromatic heterocycles. The summed E-state index contributed by atoms with van der Waals surface area (Å²) in [5.41, 5.74) is 4.01. The molecule has 2 atom stereocenters. The molecule has 0 saturated heterocycles. The number of allylic oxidation sites excluding steroid dienone is 3. The van der Waals surface area contributed by atoms with Gasteiger partial charge in [0.25, 0.3) is 0 Å². The lowest BCUT2D eigenvalue weighted by atomic mass is 9.80. The third-order valence-electron chi connectivity index (χ3n) is 3.85. The first-order valence-electron chi connectivity index (χ1n) is 7.00. The molecule has 20 heavy (non-hydrogen) atoms. The average Bonchev–Trinajstić information content (AvgIpc) is 2.48. The molecule has 0 bridgehead atoms. The summed E-state index contributed by atoms with van der Waals surface area (Å²) in [7, 11) is 0. The van der Waals surface area contributed by atoms with Crippen LogP contribution in [0.15, 0.2) is 55.7 Å². The van der Waals surface area contributed by atoms with Gasteiger partial charge in [0.2, 0.25) is 0 Å². The minimum Gasteiger partial charge on any atom is -0.249 e. The number of hydrogen-bond donors (Lipinski definition) is 0. The van der Waals surface area contributed by atoms with E-state index in [4.69, 9.17) is 9.97 Å². The quantitative estimate of drug-likeness (QED) is 0.758. The van der Waals surface area contributed by atoms with E-state index in [-0.39, 0.29) is 0 Å². The normalized spacial score (nSPS) is 20.6. The fourth-order valence-electron chi connectivity index (χ4n) is 2.88. The number of nitrogens with zero attached hydrogens (tertiary/aromatic N) is 2. The van der Waals surface area contributed by atoms with Gasteiger partial charge in [-0.05, 0) is 37.0 Å². The summed E-state index contributed by atoms with van der Waals surface area (Å²) in [4.78, 5) is 9.59.